The van der Waals surface area contributed by atoms with Crippen LogP contribution in [0.2, 0.25) is 0 Å². The van der Waals surface area contributed by atoms with E-state index < -0.39 is 0 Å². The van der Waals surface area contributed by atoms with Crippen molar-refractivity contribution in [1.82, 2.24) is 25.0 Å². The lowest BCUT2D eigenvalue weighted by molar-refractivity contribution is 0.285. The Morgan fingerprint density at radius 1 is 1.38 bits per heavy atom. The van der Waals surface area contributed by atoms with Gasteiger partial charge in [-0.05, 0) is 62.6 Å². The van der Waals surface area contributed by atoms with E-state index in [9.17, 15) is 9.18 Å². The lowest BCUT2D eigenvalue weighted by atomic mass is 10.1. The van der Waals surface area contributed by atoms with Crippen LogP contribution in [-0.2, 0) is 19.5 Å². The highest BCUT2D eigenvalue weighted by Crippen LogP contribution is 2.30. The predicted octanol–water partition coefficient (Wildman–Crippen LogP) is 2.63. The third-order valence-electron chi connectivity index (χ3n) is 6.07. The number of aryl methyl sites for hydroxylation is 2. The van der Waals surface area contributed by atoms with Crippen molar-refractivity contribution in [2.75, 3.05) is 20.2 Å². The number of ether oxygens (including phenoxy) is 1. The Hall–Kier alpha value is -2.84. The summed E-state index contributed by atoms with van der Waals surface area (Å²) in [5.41, 5.74) is 0.807. The summed E-state index contributed by atoms with van der Waals surface area (Å²) in [6.45, 7) is 4.53. The van der Waals surface area contributed by atoms with Crippen LogP contribution in [-0.4, -0.2) is 40.5 Å². The first kappa shape index (κ1) is 22.4. The van der Waals surface area contributed by atoms with Crippen molar-refractivity contribution >= 4 is 5.96 Å². The second-order valence-electron chi connectivity index (χ2n) is 8.69. The molecule has 1 aliphatic heterocycles. The average molecular weight is 445 g/mol. The first-order valence-corrected chi connectivity index (χ1v) is 11.6. The first-order chi connectivity index (χ1) is 15.5. The van der Waals surface area contributed by atoms with Gasteiger partial charge in [-0.1, -0.05) is 6.07 Å². The van der Waals surface area contributed by atoms with Gasteiger partial charge in [-0.2, -0.15) is 5.10 Å². The number of fused-ring (bicyclic) bond motifs is 1. The van der Waals surface area contributed by atoms with Gasteiger partial charge in [0.1, 0.15) is 5.82 Å². The molecule has 2 aliphatic rings. The predicted molar refractivity (Wildman–Crippen MR) is 122 cm³/mol. The minimum Gasteiger partial charge on any atom is -0.490 e. The summed E-state index contributed by atoms with van der Waals surface area (Å²) < 4.78 is 23.3. The van der Waals surface area contributed by atoms with Gasteiger partial charge in [-0.3, -0.25) is 9.56 Å². The fourth-order valence-corrected chi connectivity index (χ4v) is 3.91. The molecule has 0 amide bonds. The molecule has 0 bridgehead atoms. The molecule has 1 unspecified atom stereocenters. The van der Waals surface area contributed by atoms with Crippen LogP contribution >= 0.6 is 0 Å². The Morgan fingerprint density at radius 2 is 2.22 bits per heavy atom. The Balaban J connectivity index is 1.24. The van der Waals surface area contributed by atoms with E-state index in [0.717, 1.165) is 43.6 Å². The maximum Gasteiger partial charge on any atom is 0.345 e. The fourth-order valence-electron chi connectivity index (χ4n) is 3.91. The van der Waals surface area contributed by atoms with Gasteiger partial charge >= 0.3 is 5.69 Å². The molecular weight excluding hydrogens is 411 g/mol. The number of nitrogens with zero attached hydrogens (tertiary/aromatic N) is 4. The zero-order valence-corrected chi connectivity index (χ0v) is 18.9. The van der Waals surface area contributed by atoms with Crippen molar-refractivity contribution in [3.63, 3.8) is 0 Å². The molecule has 9 heteroatoms. The van der Waals surface area contributed by atoms with Gasteiger partial charge in [0.25, 0.3) is 0 Å². The monoisotopic (exact) mass is 444 g/mol. The Labute approximate surface area is 187 Å². The molecule has 2 aromatic rings. The van der Waals surface area contributed by atoms with Crippen molar-refractivity contribution < 1.29 is 9.13 Å². The standard InChI is InChI=1S/C23H33FN6O2/c1-16(18-9-10-20(19(24)14-18)32-15-17-7-8-17)27-22(25-2)26-11-5-13-30-23(31)29-12-4-3-6-21(29)28-30/h9-10,14,16-17H,3-8,11-13,15H2,1-2H3,(H2,25,26,27). The maximum absolute atomic E-state index is 14.4. The van der Waals surface area contributed by atoms with Crippen LogP contribution < -0.4 is 21.1 Å². The maximum atomic E-state index is 14.4. The molecule has 174 valence electrons. The van der Waals surface area contributed by atoms with E-state index in [1.165, 1.54) is 18.9 Å². The second-order valence-corrected chi connectivity index (χ2v) is 8.69. The normalized spacial score (nSPS) is 17.0. The zero-order chi connectivity index (χ0) is 22.5. The third kappa shape index (κ3) is 5.49. The molecule has 1 atom stereocenters. The van der Waals surface area contributed by atoms with Crippen molar-refractivity contribution in [2.45, 2.75) is 64.6 Å². The van der Waals surface area contributed by atoms with Gasteiger partial charge in [0.05, 0.1) is 12.6 Å². The Bertz CT molecular complexity index is 1010. The van der Waals surface area contributed by atoms with Crippen LogP contribution in [0.5, 0.6) is 5.75 Å². The fraction of sp³-hybridized carbons (Fsp3) is 0.609. The number of hydrogen-bond donors (Lipinski definition) is 2. The molecule has 1 aromatic carbocycles. The summed E-state index contributed by atoms with van der Waals surface area (Å²) in [6, 6.07) is 4.96. The van der Waals surface area contributed by atoms with Crippen LogP contribution in [0.3, 0.4) is 0 Å². The summed E-state index contributed by atoms with van der Waals surface area (Å²) in [4.78, 5) is 16.6. The number of hydrogen-bond acceptors (Lipinski definition) is 4. The molecule has 8 nitrogen and oxygen atoms in total. The minimum absolute atomic E-state index is 0.0117. The van der Waals surface area contributed by atoms with Gasteiger partial charge in [-0.25, -0.2) is 13.9 Å². The van der Waals surface area contributed by atoms with Crippen LogP contribution in [0.1, 0.15) is 56.5 Å². The van der Waals surface area contributed by atoms with Gasteiger partial charge < -0.3 is 15.4 Å². The molecule has 1 aliphatic carbocycles. The molecule has 4 rings (SSSR count). The molecule has 1 saturated carbocycles. The highest BCUT2D eigenvalue weighted by atomic mass is 19.1. The molecular formula is C23H33FN6O2. The molecule has 0 radical (unpaired) electrons. The molecule has 1 fully saturated rings. The largest absolute Gasteiger partial charge is 0.490 e. The number of nitrogens with one attached hydrogen (secondary N) is 2. The van der Waals surface area contributed by atoms with Crippen LogP contribution in [0, 0.1) is 11.7 Å². The smallest absolute Gasteiger partial charge is 0.345 e. The third-order valence-corrected chi connectivity index (χ3v) is 6.07. The van der Waals surface area contributed by atoms with Crippen molar-refractivity contribution in [1.29, 1.82) is 0 Å². The van der Waals surface area contributed by atoms with Gasteiger partial charge in [0, 0.05) is 33.1 Å². The minimum atomic E-state index is -0.340. The Kier molecular flexibility index (Phi) is 7.12. The summed E-state index contributed by atoms with van der Waals surface area (Å²) >= 11 is 0. The average Bonchev–Trinajstić information content (AvgIpc) is 3.58. The summed E-state index contributed by atoms with van der Waals surface area (Å²) in [5.74, 6) is 2.08. The number of halogens is 1. The van der Waals surface area contributed by atoms with Crippen LogP contribution in [0.4, 0.5) is 4.39 Å². The SMILES string of the molecule is CN=C(NCCCn1nc2n(c1=O)CCCC2)NC(C)c1ccc(OCC2CC2)c(F)c1. The molecule has 32 heavy (non-hydrogen) atoms. The van der Waals surface area contributed by atoms with Crippen molar-refractivity contribution in [3.8, 4) is 5.75 Å². The lowest BCUT2D eigenvalue weighted by Gasteiger charge is -2.19. The number of guanidine groups is 1. The summed E-state index contributed by atoms with van der Waals surface area (Å²) in [7, 11) is 1.70. The lowest BCUT2D eigenvalue weighted by Crippen LogP contribution is -2.39. The Morgan fingerprint density at radius 3 is 2.94 bits per heavy atom. The van der Waals surface area contributed by atoms with E-state index in [1.807, 2.05) is 13.0 Å². The van der Waals surface area contributed by atoms with Crippen molar-refractivity contribution in [3.05, 3.63) is 45.9 Å². The molecule has 0 spiro atoms. The van der Waals surface area contributed by atoms with E-state index >= 15 is 0 Å². The van der Waals surface area contributed by atoms with E-state index in [1.54, 1.807) is 22.4 Å². The molecule has 1 aromatic heterocycles. The van der Waals surface area contributed by atoms with E-state index in [-0.39, 0.29) is 17.5 Å². The van der Waals surface area contributed by atoms with Crippen molar-refractivity contribution in [2.24, 2.45) is 10.9 Å². The number of aromatic nitrogens is 3. The molecule has 2 heterocycles. The quantitative estimate of drug-likeness (QED) is 0.353. The van der Waals surface area contributed by atoms with Gasteiger partial charge in [-0.15, -0.1) is 0 Å². The number of aliphatic imine (C=N–C) groups is 1. The highest BCUT2D eigenvalue weighted by molar-refractivity contribution is 5.80. The van der Waals surface area contributed by atoms with E-state index in [2.05, 4.69) is 20.7 Å². The van der Waals surface area contributed by atoms with Gasteiger partial charge in [0.15, 0.2) is 17.5 Å². The number of rotatable bonds is 9. The van der Waals surface area contributed by atoms with E-state index in [0.29, 0.717) is 37.3 Å². The van der Waals surface area contributed by atoms with Crippen LogP contribution in [0.15, 0.2) is 28.0 Å². The molecule has 0 saturated heterocycles. The first-order valence-electron chi connectivity index (χ1n) is 11.6. The summed E-state index contributed by atoms with van der Waals surface area (Å²) in [5, 5.41) is 11.0. The highest BCUT2D eigenvalue weighted by Gasteiger charge is 2.22. The van der Waals surface area contributed by atoms with Gasteiger partial charge in [0.2, 0.25) is 0 Å². The van der Waals surface area contributed by atoms with E-state index in [4.69, 9.17) is 4.74 Å². The second kappa shape index (κ2) is 10.2. The van der Waals surface area contributed by atoms with Crippen LogP contribution in [0.25, 0.3) is 0 Å². The summed E-state index contributed by atoms with van der Waals surface area (Å²) in [6.07, 6.45) is 6.11. The zero-order valence-electron chi connectivity index (χ0n) is 18.9. The number of benzene rings is 1. The molecule has 2 N–H and O–H groups in total. The topological polar surface area (TPSA) is 85.5 Å².